The third kappa shape index (κ3) is 3.16. The summed E-state index contributed by atoms with van der Waals surface area (Å²) in [6.07, 6.45) is 1.55. The first kappa shape index (κ1) is 16.3. The van der Waals surface area contributed by atoms with Crippen molar-refractivity contribution in [2.24, 2.45) is 0 Å². The van der Waals surface area contributed by atoms with Crippen molar-refractivity contribution in [1.82, 2.24) is 20.4 Å². The van der Waals surface area contributed by atoms with Gasteiger partial charge in [0.2, 0.25) is 5.89 Å². The Morgan fingerprint density at radius 3 is 2.65 bits per heavy atom. The molecule has 3 heterocycles. The summed E-state index contributed by atoms with van der Waals surface area (Å²) in [5.74, 6) is 0.385. The molecule has 4 rings (SSSR count). The highest BCUT2D eigenvalue weighted by molar-refractivity contribution is 7.90. The predicted octanol–water partition coefficient (Wildman–Crippen LogP) is 3.00. The molecule has 0 aliphatic carbocycles. The van der Waals surface area contributed by atoms with Crippen LogP contribution in [0.1, 0.15) is 11.5 Å². The van der Waals surface area contributed by atoms with Gasteiger partial charge < -0.3 is 8.83 Å². The Morgan fingerprint density at radius 1 is 1.12 bits per heavy atom. The molecule has 8 nitrogen and oxygen atoms in total. The lowest BCUT2D eigenvalue weighted by molar-refractivity contribution is 0.516. The van der Waals surface area contributed by atoms with Crippen LogP contribution in [-0.4, -0.2) is 28.8 Å². The van der Waals surface area contributed by atoms with Crippen LogP contribution >= 0.6 is 0 Å². The monoisotopic (exact) mass is 370 g/mol. The molecule has 0 aliphatic heterocycles. The van der Waals surface area contributed by atoms with Gasteiger partial charge in [0.25, 0.3) is 5.89 Å². The van der Waals surface area contributed by atoms with E-state index in [1.165, 1.54) is 0 Å². The zero-order valence-corrected chi connectivity index (χ0v) is 14.5. The number of H-pyrrole nitrogens is 1. The number of aromatic amines is 1. The fourth-order valence-electron chi connectivity index (χ4n) is 2.39. The van der Waals surface area contributed by atoms with E-state index in [9.17, 15) is 8.42 Å². The number of rotatable bonds is 5. The van der Waals surface area contributed by atoms with Crippen molar-refractivity contribution in [2.75, 3.05) is 0 Å². The van der Waals surface area contributed by atoms with Crippen LogP contribution < -0.4 is 0 Å². The second kappa shape index (κ2) is 6.26. The summed E-state index contributed by atoms with van der Waals surface area (Å²) < 4.78 is 35.7. The molecule has 0 amide bonds. The van der Waals surface area contributed by atoms with Gasteiger partial charge >= 0.3 is 0 Å². The number of benzene rings is 1. The molecule has 9 heteroatoms. The van der Waals surface area contributed by atoms with Gasteiger partial charge in [-0.15, -0.1) is 10.2 Å². The van der Waals surface area contributed by atoms with E-state index in [2.05, 4.69) is 20.4 Å². The Balaban J connectivity index is 1.56. The first-order valence-corrected chi connectivity index (χ1v) is 9.38. The van der Waals surface area contributed by atoms with E-state index in [-0.39, 0.29) is 22.4 Å². The van der Waals surface area contributed by atoms with Gasteiger partial charge in [-0.05, 0) is 31.2 Å². The molecule has 0 aliphatic rings. The smallest absolute Gasteiger partial charge is 0.265 e. The Hall–Kier alpha value is -3.20. The van der Waals surface area contributed by atoms with E-state index in [4.69, 9.17) is 8.83 Å². The fraction of sp³-hybridized carbons (Fsp3) is 0.118. The number of hydrogen-bond donors (Lipinski definition) is 1. The van der Waals surface area contributed by atoms with Gasteiger partial charge in [0.15, 0.2) is 15.6 Å². The van der Waals surface area contributed by atoms with Gasteiger partial charge in [0.05, 0.1) is 11.2 Å². The topological polar surface area (TPSA) is 115 Å². The van der Waals surface area contributed by atoms with E-state index >= 15 is 0 Å². The highest BCUT2D eigenvalue weighted by atomic mass is 32.2. The molecule has 1 N–H and O–H groups in total. The molecule has 3 aromatic heterocycles. The highest BCUT2D eigenvalue weighted by Crippen LogP contribution is 2.24. The van der Waals surface area contributed by atoms with Gasteiger partial charge in [0.1, 0.15) is 17.1 Å². The summed E-state index contributed by atoms with van der Waals surface area (Å²) in [7, 11) is -3.57. The summed E-state index contributed by atoms with van der Waals surface area (Å²) in [5, 5.41) is 14.6. The average molecular weight is 370 g/mol. The third-order valence-corrected chi connectivity index (χ3v) is 5.36. The van der Waals surface area contributed by atoms with Crippen molar-refractivity contribution in [3.05, 3.63) is 60.2 Å². The molecule has 26 heavy (non-hydrogen) atoms. The number of nitrogens with zero attached hydrogens (tertiary/aromatic N) is 3. The van der Waals surface area contributed by atoms with Crippen LogP contribution in [0.2, 0.25) is 0 Å². The summed E-state index contributed by atoms with van der Waals surface area (Å²) in [5.41, 5.74) is 2.04. The lowest BCUT2D eigenvalue weighted by Gasteiger charge is -2.01. The van der Waals surface area contributed by atoms with Crippen molar-refractivity contribution in [3.8, 4) is 23.0 Å². The summed E-state index contributed by atoms with van der Waals surface area (Å²) >= 11 is 0. The minimum Gasteiger partial charge on any atom is -0.463 e. The van der Waals surface area contributed by atoms with Crippen molar-refractivity contribution in [2.45, 2.75) is 17.6 Å². The molecular formula is C17H14N4O4S. The number of aryl methyl sites for hydroxylation is 1. The maximum Gasteiger partial charge on any atom is 0.265 e. The molecule has 0 unspecified atom stereocenters. The number of aromatic nitrogens is 4. The molecule has 1 aromatic carbocycles. The van der Waals surface area contributed by atoms with Crippen LogP contribution in [0, 0.1) is 6.92 Å². The van der Waals surface area contributed by atoms with Gasteiger partial charge in [-0.2, -0.15) is 5.10 Å². The zero-order chi connectivity index (χ0) is 18.1. The maximum absolute atomic E-state index is 12.5. The molecule has 0 radical (unpaired) electrons. The first-order chi connectivity index (χ1) is 12.5. The molecule has 0 atom stereocenters. The second-order valence-corrected chi connectivity index (χ2v) is 7.71. The Morgan fingerprint density at radius 2 is 1.92 bits per heavy atom. The number of nitrogens with one attached hydrogen (secondary N) is 1. The van der Waals surface area contributed by atoms with Gasteiger partial charge in [-0.25, -0.2) is 8.42 Å². The van der Waals surface area contributed by atoms with Crippen molar-refractivity contribution >= 4 is 9.84 Å². The van der Waals surface area contributed by atoms with Crippen molar-refractivity contribution in [3.63, 3.8) is 0 Å². The van der Waals surface area contributed by atoms with Gasteiger partial charge in [-0.3, -0.25) is 5.10 Å². The van der Waals surface area contributed by atoms with E-state index in [1.54, 1.807) is 48.7 Å². The Bertz CT molecular complexity index is 1130. The van der Waals surface area contributed by atoms with Gasteiger partial charge in [0, 0.05) is 6.07 Å². The van der Waals surface area contributed by atoms with Crippen LogP contribution in [0.15, 0.2) is 62.5 Å². The average Bonchev–Trinajstić information content (AvgIpc) is 3.35. The molecule has 0 bridgehead atoms. The normalized spacial score (nSPS) is 11.7. The SMILES string of the molecule is Cc1ccc(S(=O)(=O)Cc2nnc(-c3cc(-c4ccco4)n[nH]3)o2)cc1. The van der Waals surface area contributed by atoms with Crippen molar-refractivity contribution < 1.29 is 17.3 Å². The second-order valence-electron chi connectivity index (χ2n) is 5.72. The third-order valence-electron chi connectivity index (χ3n) is 3.74. The largest absolute Gasteiger partial charge is 0.463 e. The molecule has 4 aromatic rings. The van der Waals surface area contributed by atoms with Crippen LogP contribution in [-0.2, 0) is 15.6 Å². The van der Waals surface area contributed by atoms with E-state index in [0.717, 1.165) is 5.56 Å². The molecule has 0 saturated carbocycles. The van der Waals surface area contributed by atoms with Crippen molar-refractivity contribution in [1.29, 1.82) is 0 Å². The molecule has 0 spiro atoms. The molecule has 0 saturated heterocycles. The highest BCUT2D eigenvalue weighted by Gasteiger charge is 2.21. The maximum atomic E-state index is 12.5. The van der Waals surface area contributed by atoms with E-state index < -0.39 is 9.84 Å². The standard InChI is InChI=1S/C17H14N4O4S/c1-11-4-6-12(7-5-11)26(22,23)10-16-20-21-17(25-16)14-9-13(18-19-14)15-3-2-8-24-15/h2-9H,10H2,1H3,(H,18,19). The molecular weight excluding hydrogens is 356 g/mol. The number of sulfone groups is 1. The lowest BCUT2D eigenvalue weighted by atomic mass is 10.2. The summed E-state index contributed by atoms with van der Waals surface area (Å²) in [6.45, 7) is 1.89. The van der Waals surface area contributed by atoms with Crippen LogP contribution in [0.4, 0.5) is 0 Å². The minimum atomic E-state index is -3.57. The van der Waals surface area contributed by atoms with Crippen LogP contribution in [0.3, 0.4) is 0 Å². The van der Waals surface area contributed by atoms with Gasteiger partial charge in [-0.1, -0.05) is 17.7 Å². The minimum absolute atomic E-state index is 0.00900. The van der Waals surface area contributed by atoms with E-state index in [1.807, 2.05) is 6.92 Å². The van der Waals surface area contributed by atoms with Crippen LogP contribution in [0.25, 0.3) is 23.0 Å². The zero-order valence-electron chi connectivity index (χ0n) is 13.7. The molecule has 0 fully saturated rings. The van der Waals surface area contributed by atoms with Crippen LogP contribution in [0.5, 0.6) is 0 Å². The number of hydrogen-bond acceptors (Lipinski definition) is 7. The Labute approximate surface area is 148 Å². The molecule has 132 valence electrons. The Kier molecular flexibility index (Phi) is 3.92. The number of furan rings is 1. The summed E-state index contributed by atoms with van der Waals surface area (Å²) in [4.78, 5) is 0.212. The van der Waals surface area contributed by atoms with E-state index in [0.29, 0.717) is 17.1 Å². The first-order valence-electron chi connectivity index (χ1n) is 7.73. The lowest BCUT2D eigenvalue weighted by Crippen LogP contribution is -2.05. The quantitative estimate of drug-likeness (QED) is 0.574. The predicted molar refractivity (Wildman–Crippen MR) is 91.7 cm³/mol. The fourth-order valence-corrected chi connectivity index (χ4v) is 3.55. The summed E-state index contributed by atoms with van der Waals surface area (Å²) in [6, 6.07) is 11.8.